The molecule has 1 fully saturated rings. The fraction of sp³-hybridized carbons (Fsp3) is 0.556. The van der Waals surface area contributed by atoms with Crippen LogP contribution in [0.25, 0.3) is 0 Å². The van der Waals surface area contributed by atoms with E-state index in [0.29, 0.717) is 13.0 Å². The standard InChI is InChI=1S/C18H27N3O2.ClH/c1-14(2)13-16(22)20-17(15-7-4-3-5-8-15)18(23)21-11-6-9-19-10-12-21;/h3-5,7-8,14,17,19H,6,9-13H2,1-2H3,(H,20,22);1H. The third-order valence-electron chi connectivity index (χ3n) is 3.93. The molecule has 1 atom stereocenters. The van der Waals surface area contributed by atoms with Crippen molar-refractivity contribution >= 4 is 24.2 Å². The van der Waals surface area contributed by atoms with E-state index in [1.54, 1.807) is 0 Å². The molecule has 24 heavy (non-hydrogen) atoms. The van der Waals surface area contributed by atoms with E-state index in [2.05, 4.69) is 10.6 Å². The number of carbonyl (C=O) groups is 2. The molecule has 5 nitrogen and oxygen atoms in total. The summed E-state index contributed by atoms with van der Waals surface area (Å²) in [6.45, 7) is 7.14. The van der Waals surface area contributed by atoms with Crippen LogP contribution in [0.2, 0.25) is 0 Å². The SMILES string of the molecule is CC(C)CC(=O)NC(C(=O)N1CCCNCC1)c1ccccc1.Cl. The summed E-state index contributed by atoms with van der Waals surface area (Å²) in [7, 11) is 0. The number of hydrogen-bond acceptors (Lipinski definition) is 3. The van der Waals surface area contributed by atoms with Gasteiger partial charge in [0.1, 0.15) is 6.04 Å². The maximum absolute atomic E-state index is 13.0. The Labute approximate surface area is 150 Å². The first-order valence-electron chi connectivity index (χ1n) is 8.41. The largest absolute Gasteiger partial charge is 0.341 e. The maximum Gasteiger partial charge on any atom is 0.249 e. The van der Waals surface area contributed by atoms with Crippen LogP contribution in [0.1, 0.15) is 38.3 Å². The van der Waals surface area contributed by atoms with Crippen molar-refractivity contribution in [2.24, 2.45) is 5.92 Å². The van der Waals surface area contributed by atoms with E-state index in [4.69, 9.17) is 0 Å². The molecule has 1 aromatic carbocycles. The minimum Gasteiger partial charge on any atom is -0.341 e. The Morgan fingerprint density at radius 1 is 1.17 bits per heavy atom. The van der Waals surface area contributed by atoms with E-state index >= 15 is 0 Å². The normalized spacial score (nSPS) is 16.0. The van der Waals surface area contributed by atoms with E-state index in [-0.39, 0.29) is 30.1 Å². The van der Waals surface area contributed by atoms with Gasteiger partial charge in [-0.15, -0.1) is 12.4 Å². The average Bonchev–Trinajstić information content (AvgIpc) is 2.81. The lowest BCUT2D eigenvalue weighted by atomic mass is 10.0. The summed E-state index contributed by atoms with van der Waals surface area (Å²) in [5.41, 5.74) is 0.840. The molecule has 6 heteroatoms. The van der Waals surface area contributed by atoms with Gasteiger partial charge in [0.2, 0.25) is 11.8 Å². The first-order chi connectivity index (χ1) is 11.1. The Bertz CT molecular complexity index is 514. The number of halogens is 1. The van der Waals surface area contributed by atoms with E-state index in [9.17, 15) is 9.59 Å². The van der Waals surface area contributed by atoms with Gasteiger partial charge in [-0.25, -0.2) is 0 Å². The van der Waals surface area contributed by atoms with Crippen LogP contribution in [-0.4, -0.2) is 42.9 Å². The monoisotopic (exact) mass is 353 g/mol. The first kappa shape index (κ1) is 20.5. The van der Waals surface area contributed by atoms with Crippen molar-refractivity contribution in [3.63, 3.8) is 0 Å². The fourth-order valence-electron chi connectivity index (χ4n) is 2.77. The number of nitrogens with zero attached hydrogens (tertiary/aromatic N) is 1. The lowest BCUT2D eigenvalue weighted by molar-refractivity contribution is -0.136. The molecule has 1 saturated heterocycles. The second kappa shape index (κ2) is 10.3. The van der Waals surface area contributed by atoms with Crippen LogP contribution >= 0.6 is 12.4 Å². The minimum absolute atomic E-state index is 0. The molecule has 0 aromatic heterocycles. The lowest BCUT2D eigenvalue weighted by Crippen LogP contribution is -2.44. The highest BCUT2D eigenvalue weighted by atomic mass is 35.5. The van der Waals surface area contributed by atoms with Crippen molar-refractivity contribution in [2.45, 2.75) is 32.7 Å². The van der Waals surface area contributed by atoms with Crippen molar-refractivity contribution in [3.8, 4) is 0 Å². The predicted octanol–water partition coefficient (Wildman–Crippen LogP) is 2.13. The molecule has 0 radical (unpaired) electrons. The zero-order chi connectivity index (χ0) is 16.7. The number of nitrogens with one attached hydrogen (secondary N) is 2. The summed E-state index contributed by atoms with van der Waals surface area (Å²) in [4.78, 5) is 27.0. The summed E-state index contributed by atoms with van der Waals surface area (Å²) in [6.07, 6.45) is 1.37. The predicted molar refractivity (Wildman–Crippen MR) is 98.1 cm³/mol. The Morgan fingerprint density at radius 2 is 1.88 bits per heavy atom. The molecule has 1 aliphatic rings. The molecule has 0 saturated carbocycles. The third kappa shape index (κ3) is 6.13. The Hall–Kier alpha value is -1.59. The number of amides is 2. The molecule has 2 amide bonds. The highest BCUT2D eigenvalue weighted by molar-refractivity contribution is 5.88. The van der Waals surface area contributed by atoms with Crippen molar-refractivity contribution in [3.05, 3.63) is 35.9 Å². The summed E-state index contributed by atoms with van der Waals surface area (Å²) >= 11 is 0. The number of benzene rings is 1. The van der Waals surface area contributed by atoms with Gasteiger partial charge in [0, 0.05) is 26.1 Å². The molecule has 2 N–H and O–H groups in total. The molecule has 0 bridgehead atoms. The zero-order valence-corrected chi connectivity index (χ0v) is 15.3. The van der Waals surface area contributed by atoms with Crippen LogP contribution in [0, 0.1) is 5.92 Å². The van der Waals surface area contributed by atoms with Gasteiger partial charge in [0.25, 0.3) is 0 Å². The zero-order valence-electron chi connectivity index (χ0n) is 14.5. The summed E-state index contributed by atoms with van der Waals surface area (Å²) in [6, 6.07) is 8.91. The summed E-state index contributed by atoms with van der Waals surface area (Å²) < 4.78 is 0. The minimum atomic E-state index is -0.597. The van der Waals surface area contributed by atoms with Gasteiger partial charge < -0.3 is 15.5 Å². The number of rotatable bonds is 5. The van der Waals surface area contributed by atoms with Crippen LogP contribution in [0.15, 0.2) is 30.3 Å². The van der Waals surface area contributed by atoms with Crippen LogP contribution < -0.4 is 10.6 Å². The molecule has 1 unspecified atom stereocenters. The number of carbonyl (C=O) groups excluding carboxylic acids is 2. The van der Waals surface area contributed by atoms with E-state index in [0.717, 1.165) is 31.6 Å². The van der Waals surface area contributed by atoms with Crippen molar-refractivity contribution in [1.29, 1.82) is 0 Å². The van der Waals surface area contributed by atoms with Crippen molar-refractivity contribution in [2.75, 3.05) is 26.2 Å². The summed E-state index contributed by atoms with van der Waals surface area (Å²) in [5.74, 6) is 0.177. The number of hydrogen-bond donors (Lipinski definition) is 2. The van der Waals surface area contributed by atoms with Crippen LogP contribution in [0.5, 0.6) is 0 Å². The lowest BCUT2D eigenvalue weighted by Gasteiger charge is -2.27. The van der Waals surface area contributed by atoms with Crippen molar-refractivity contribution in [1.82, 2.24) is 15.5 Å². The van der Waals surface area contributed by atoms with Gasteiger partial charge >= 0.3 is 0 Å². The van der Waals surface area contributed by atoms with E-state index in [1.165, 1.54) is 0 Å². The van der Waals surface area contributed by atoms with E-state index < -0.39 is 6.04 Å². The van der Waals surface area contributed by atoms with Gasteiger partial charge in [0.15, 0.2) is 0 Å². The third-order valence-corrected chi connectivity index (χ3v) is 3.93. The average molecular weight is 354 g/mol. The van der Waals surface area contributed by atoms with Crippen LogP contribution in [-0.2, 0) is 9.59 Å². The molecule has 2 rings (SSSR count). The van der Waals surface area contributed by atoms with Crippen molar-refractivity contribution < 1.29 is 9.59 Å². The van der Waals surface area contributed by atoms with Gasteiger partial charge in [0.05, 0.1) is 0 Å². The highest BCUT2D eigenvalue weighted by Crippen LogP contribution is 2.17. The maximum atomic E-state index is 13.0. The van der Waals surface area contributed by atoms with Gasteiger partial charge in [-0.05, 0) is 24.4 Å². The molecule has 1 heterocycles. The van der Waals surface area contributed by atoms with Crippen LogP contribution in [0.4, 0.5) is 0 Å². The topological polar surface area (TPSA) is 61.4 Å². The van der Waals surface area contributed by atoms with E-state index in [1.807, 2.05) is 49.1 Å². The molecule has 0 spiro atoms. The summed E-state index contributed by atoms with van der Waals surface area (Å²) in [5, 5.41) is 6.23. The first-order valence-corrected chi connectivity index (χ1v) is 8.41. The Morgan fingerprint density at radius 3 is 2.54 bits per heavy atom. The molecular weight excluding hydrogens is 326 g/mol. The second-order valence-electron chi connectivity index (χ2n) is 6.44. The molecule has 134 valence electrons. The van der Waals surface area contributed by atoms with Crippen LogP contribution in [0.3, 0.4) is 0 Å². The quantitative estimate of drug-likeness (QED) is 0.852. The second-order valence-corrected chi connectivity index (χ2v) is 6.44. The molecule has 1 aliphatic heterocycles. The van der Waals surface area contributed by atoms with Gasteiger partial charge in [-0.3, -0.25) is 9.59 Å². The Balaban J connectivity index is 0.00000288. The fourth-order valence-corrected chi connectivity index (χ4v) is 2.77. The Kier molecular flexibility index (Phi) is 8.79. The molecular formula is C18H28ClN3O2. The molecule has 0 aliphatic carbocycles. The van der Waals surface area contributed by atoms with Gasteiger partial charge in [-0.1, -0.05) is 44.2 Å². The smallest absolute Gasteiger partial charge is 0.249 e. The molecule has 1 aromatic rings. The van der Waals surface area contributed by atoms with Gasteiger partial charge in [-0.2, -0.15) is 0 Å². The highest BCUT2D eigenvalue weighted by Gasteiger charge is 2.27.